The molecule has 0 bridgehead atoms. The highest BCUT2D eigenvalue weighted by Gasteiger charge is 2.33. The van der Waals surface area contributed by atoms with E-state index in [4.69, 9.17) is 11.6 Å². The van der Waals surface area contributed by atoms with Gasteiger partial charge in [-0.1, -0.05) is 78.3 Å². The van der Waals surface area contributed by atoms with Crippen LogP contribution in [0.25, 0.3) is 11.1 Å². The summed E-state index contributed by atoms with van der Waals surface area (Å²) in [6.07, 6.45) is 1.87. The van der Waals surface area contributed by atoms with E-state index < -0.39 is 0 Å². The molecule has 1 aliphatic heterocycles. The number of hydrogen-bond donors (Lipinski definition) is 0. The van der Waals surface area contributed by atoms with E-state index in [2.05, 4.69) is 63.5 Å². The molecule has 0 aromatic heterocycles. The molecule has 0 spiro atoms. The first-order chi connectivity index (χ1) is 13.8. The second-order valence-electron chi connectivity index (χ2n) is 7.33. The molecule has 3 nitrogen and oxygen atoms in total. The molecule has 4 heteroatoms. The Balaban J connectivity index is 1.33. The zero-order valence-electron chi connectivity index (χ0n) is 15.6. The van der Waals surface area contributed by atoms with Crippen LogP contribution in [0.4, 0.5) is 0 Å². The van der Waals surface area contributed by atoms with E-state index in [0.717, 1.165) is 36.8 Å². The summed E-state index contributed by atoms with van der Waals surface area (Å²) in [5.41, 5.74) is 6.57. The molecule has 0 atom stereocenters. The highest BCUT2D eigenvalue weighted by atomic mass is 35.5. The average molecular weight is 388 g/mol. The van der Waals surface area contributed by atoms with Gasteiger partial charge >= 0.3 is 0 Å². The number of hydrazone groups is 1. The van der Waals surface area contributed by atoms with E-state index in [-0.39, 0.29) is 0 Å². The van der Waals surface area contributed by atoms with Crippen LogP contribution in [0.15, 0.2) is 77.9 Å². The Hall–Kier alpha value is -2.62. The molecule has 0 saturated carbocycles. The van der Waals surface area contributed by atoms with Gasteiger partial charge in [-0.3, -0.25) is 9.91 Å². The molecule has 0 amide bonds. The average Bonchev–Trinajstić information content (AvgIpc) is 3.08. The van der Waals surface area contributed by atoms with E-state index in [1.165, 1.54) is 22.3 Å². The molecule has 1 heterocycles. The Bertz CT molecular complexity index is 976. The number of piperazine rings is 1. The molecule has 0 N–H and O–H groups in total. The van der Waals surface area contributed by atoms with E-state index in [1.807, 2.05) is 30.5 Å². The zero-order valence-corrected chi connectivity index (χ0v) is 16.4. The minimum absolute atomic E-state index is 0.349. The second kappa shape index (κ2) is 7.42. The lowest BCUT2D eigenvalue weighted by Crippen LogP contribution is -2.45. The molecule has 1 saturated heterocycles. The highest BCUT2D eigenvalue weighted by Crippen LogP contribution is 2.46. The third-order valence-corrected chi connectivity index (χ3v) is 6.07. The van der Waals surface area contributed by atoms with Crippen LogP contribution in [-0.2, 0) is 0 Å². The standard InChI is InChI=1S/C24H22ClN3/c25-23-12-6-1-7-18(23)17-26-28-15-13-27(14-16-28)24-21-10-4-2-8-19(21)20-9-3-5-11-22(20)24/h1-12,17,24H,13-16H2/b26-17+. The van der Waals surface area contributed by atoms with Gasteiger partial charge in [-0.2, -0.15) is 5.10 Å². The summed E-state index contributed by atoms with van der Waals surface area (Å²) >= 11 is 6.23. The first-order valence-corrected chi connectivity index (χ1v) is 10.1. The minimum Gasteiger partial charge on any atom is -0.294 e. The van der Waals surface area contributed by atoms with Gasteiger partial charge in [0.05, 0.1) is 12.3 Å². The summed E-state index contributed by atoms with van der Waals surface area (Å²) < 4.78 is 0. The van der Waals surface area contributed by atoms with Gasteiger partial charge in [-0.25, -0.2) is 0 Å². The van der Waals surface area contributed by atoms with Crippen molar-refractivity contribution in [2.45, 2.75) is 6.04 Å². The Kier molecular flexibility index (Phi) is 4.63. The van der Waals surface area contributed by atoms with Crippen molar-refractivity contribution in [1.29, 1.82) is 0 Å². The third kappa shape index (κ3) is 3.11. The second-order valence-corrected chi connectivity index (χ2v) is 7.74. The van der Waals surface area contributed by atoms with Crippen molar-refractivity contribution in [3.05, 3.63) is 94.5 Å². The quantitative estimate of drug-likeness (QED) is 0.585. The molecule has 3 aromatic rings. The highest BCUT2D eigenvalue weighted by molar-refractivity contribution is 6.33. The van der Waals surface area contributed by atoms with E-state index in [9.17, 15) is 0 Å². The van der Waals surface area contributed by atoms with Gasteiger partial charge < -0.3 is 0 Å². The summed E-state index contributed by atoms with van der Waals surface area (Å²) in [6, 6.07) is 25.8. The zero-order chi connectivity index (χ0) is 18.9. The van der Waals surface area contributed by atoms with Crippen LogP contribution in [0.5, 0.6) is 0 Å². The fourth-order valence-corrected chi connectivity index (χ4v) is 4.52. The van der Waals surface area contributed by atoms with Crippen molar-refractivity contribution < 1.29 is 0 Å². The van der Waals surface area contributed by atoms with Gasteiger partial charge in [0.2, 0.25) is 0 Å². The molecule has 1 aliphatic carbocycles. The first-order valence-electron chi connectivity index (χ1n) is 9.77. The van der Waals surface area contributed by atoms with Crippen molar-refractivity contribution in [3.8, 4) is 11.1 Å². The number of hydrogen-bond acceptors (Lipinski definition) is 3. The van der Waals surface area contributed by atoms with Crippen LogP contribution >= 0.6 is 11.6 Å². The SMILES string of the molecule is Clc1ccccc1/C=N/N1CCN(C2c3ccccc3-c3ccccc32)CC1. The van der Waals surface area contributed by atoms with E-state index in [1.54, 1.807) is 0 Å². The maximum atomic E-state index is 6.23. The number of halogens is 1. The Morgan fingerprint density at radius 1 is 0.750 bits per heavy atom. The van der Waals surface area contributed by atoms with Crippen molar-refractivity contribution in [3.63, 3.8) is 0 Å². The van der Waals surface area contributed by atoms with Crippen molar-refractivity contribution in [2.24, 2.45) is 5.10 Å². The van der Waals surface area contributed by atoms with Crippen LogP contribution in [0.1, 0.15) is 22.7 Å². The van der Waals surface area contributed by atoms with Crippen LogP contribution < -0.4 is 0 Å². The van der Waals surface area contributed by atoms with Crippen molar-refractivity contribution >= 4 is 17.8 Å². The Labute approximate surface area is 170 Å². The normalized spacial score (nSPS) is 17.1. The number of nitrogens with zero attached hydrogens (tertiary/aromatic N) is 3. The summed E-state index contributed by atoms with van der Waals surface area (Å²) in [7, 11) is 0. The summed E-state index contributed by atoms with van der Waals surface area (Å²) in [5.74, 6) is 0. The molecule has 0 radical (unpaired) electrons. The maximum absolute atomic E-state index is 6.23. The first kappa shape index (κ1) is 17.5. The van der Waals surface area contributed by atoms with Crippen molar-refractivity contribution in [2.75, 3.05) is 26.2 Å². The summed E-state index contributed by atoms with van der Waals surface area (Å²) in [6.45, 7) is 3.82. The monoisotopic (exact) mass is 387 g/mol. The van der Waals surface area contributed by atoms with E-state index in [0.29, 0.717) is 6.04 Å². The molecule has 140 valence electrons. The van der Waals surface area contributed by atoms with Crippen LogP contribution in [0, 0.1) is 0 Å². The van der Waals surface area contributed by atoms with Crippen LogP contribution in [0.3, 0.4) is 0 Å². The molecule has 2 aliphatic rings. The summed E-state index contributed by atoms with van der Waals surface area (Å²) in [5, 5.41) is 7.55. The molecule has 3 aromatic carbocycles. The lowest BCUT2D eigenvalue weighted by atomic mass is 10.0. The third-order valence-electron chi connectivity index (χ3n) is 5.72. The van der Waals surface area contributed by atoms with Gasteiger partial charge in [-0.05, 0) is 28.3 Å². The fourth-order valence-electron chi connectivity index (χ4n) is 4.33. The van der Waals surface area contributed by atoms with Crippen LogP contribution in [0.2, 0.25) is 5.02 Å². The molecular weight excluding hydrogens is 366 g/mol. The van der Waals surface area contributed by atoms with Gasteiger partial charge in [0.15, 0.2) is 0 Å². The van der Waals surface area contributed by atoms with Gasteiger partial charge in [0.25, 0.3) is 0 Å². The lowest BCUT2D eigenvalue weighted by Gasteiger charge is -2.37. The van der Waals surface area contributed by atoms with Crippen LogP contribution in [-0.4, -0.2) is 42.3 Å². The Morgan fingerprint density at radius 2 is 1.32 bits per heavy atom. The molecular formula is C24H22ClN3. The summed E-state index contributed by atoms with van der Waals surface area (Å²) in [4.78, 5) is 2.59. The molecule has 0 unspecified atom stereocenters. The van der Waals surface area contributed by atoms with Gasteiger partial charge in [0.1, 0.15) is 0 Å². The van der Waals surface area contributed by atoms with Gasteiger partial charge in [0, 0.05) is 36.8 Å². The van der Waals surface area contributed by atoms with Gasteiger partial charge in [-0.15, -0.1) is 0 Å². The minimum atomic E-state index is 0.349. The number of fused-ring (bicyclic) bond motifs is 3. The molecule has 5 rings (SSSR count). The van der Waals surface area contributed by atoms with E-state index >= 15 is 0 Å². The fraction of sp³-hybridized carbons (Fsp3) is 0.208. The maximum Gasteiger partial charge on any atom is 0.0615 e. The topological polar surface area (TPSA) is 18.8 Å². The molecule has 1 fully saturated rings. The van der Waals surface area contributed by atoms with Crippen molar-refractivity contribution in [1.82, 2.24) is 9.91 Å². The number of benzene rings is 3. The number of rotatable bonds is 3. The smallest absolute Gasteiger partial charge is 0.0615 e. The molecule has 28 heavy (non-hydrogen) atoms. The lowest BCUT2D eigenvalue weighted by molar-refractivity contribution is 0.114. The predicted octanol–water partition coefficient (Wildman–Crippen LogP) is 5.06. The predicted molar refractivity (Wildman–Crippen MR) is 116 cm³/mol. The largest absolute Gasteiger partial charge is 0.294 e. The Morgan fingerprint density at radius 3 is 1.96 bits per heavy atom.